The van der Waals surface area contributed by atoms with Crippen LogP contribution in [0.4, 0.5) is 5.69 Å². The Hall–Kier alpha value is -3.24. The van der Waals surface area contributed by atoms with Crippen LogP contribution in [0.5, 0.6) is 5.75 Å². The smallest absolute Gasteiger partial charge is 0.264 e. The molecule has 7 heteroatoms. The highest BCUT2D eigenvalue weighted by Gasteiger charge is 2.39. The maximum Gasteiger partial charge on any atom is 0.264 e. The van der Waals surface area contributed by atoms with Crippen LogP contribution in [0.2, 0.25) is 0 Å². The number of thioether (sulfide) groups is 1. The molecular formula is C22H21N3O3S. The van der Waals surface area contributed by atoms with E-state index >= 15 is 0 Å². The molecule has 3 rings (SSSR count). The number of nitrogens with zero attached hydrogens (tertiary/aromatic N) is 2. The number of ether oxygens (including phenoxy) is 1. The average Bonchev–Trinajstić information content (AvgIpc) is 3.09. The SMILES string of the molecule is CCC1S/C(=C(/C#N)C(=O)NCc2ccccc2)N(c2ccc(OC)cc2)C1=O. The summed E-state index contributed by atoms with van der Waals surface area (Å²) in [6.07, 6.45) is 0.601. The van der Waals surface area contributed by atoms with Crippen LogP contribution in [0.1, 0.15) is 18.9 Å². The van der Waals surface area contributed by atoms with Gasteiger partial charge in [0.05, 0.1) is 12.4 Å². The second-order valence-electron chi connectivity index (χ2n) is 6.35. The van der Waals surface area contributed by atoms with Gasteiger partial charge in [0.15, 0.2) is 0 Å². The van der Waals surface area contributed by atoms with Crippen LogP contribution in [-0.2, 0) is 16.1 Å². The average molecular weight is 407 g/mol. The Morgan fingerprint density at radius 2 is 1.90 bits per heavy atom. The number of rotatable bonds is 6. The summed E-state index contributed by atoms with van der Waals surface area (Å²) in [6.45, 7) is 2.21. The summed E-state index contributed by atoms with van der Waals surface area (Å²) < 4.78 is 5.17. The first kappa shape index (κ1) is 20.5. The summed E-state index contributed by atoms with van der Waals surface area (Å²) in [5.41, 5.74) is 1.46. The predicted molar refractivity (Wildman–Crippen MR) is 113 cm³/mol. The largest absolute Gasteiger partial charge is 0.497 e. The van der Waals surface area contributed by atoms with Crippen molar-refractivity contribution in [3.63, 3.8) is 0 Å². The number of nitrogens with one attached hydrogen (secondary N) is 1. The Kier molecular flexibility index (Phi) is 6.57. The lowest BCUT2D eigenvalue weighted by molar-refractivity contribution is -0.117. The van der Waals surface area contributed by atoms with Gasteiger partial charge in [0, 0.05) is 12.2 Å². The molecule has 6 nitrogen and oxygen atoms in total. The van der Waals surface area contributed by atoms with E-state index in [2.05, 4.69) is 5.32 Å². The van der Waals surface area contributed by atoms with Gasteiger partial charge >= 0.3 is 0 Å². The minimum Gasteiger partial charge on any atom is -0.497 e. The number of hydrogen-bond acceptors (Lipinski definition) is 5. The first-order valence-corrected chi connectivity index (χ1v) is 10.1. The van der Waals surface area contributed by atoms with Crippen molar-refractivity contribution in [2.75, 3.05) is 12.0 Å². The lowest BCUT2D eigenvalue weighted by Crippen LogP contribution is -2.31. The highest BCUT2D eigenvalue weighted by molar-refractivity contribution is 8.05. The highest BCUT2D eigenvalue weighted by Crippen LogP contribution is 2.42. The van der Waals surface area contributed by atoms with Gasteiger partial charge in [0.1, 0.15) is 22.4 Å². The molecule has 0 bridgehead atoms. The number of carbonyl (C=O) groups is 2. The van der Waals surface area contributed by atoms with Crippen molar-refractivity contribution in [3.8, 4) is 11.8 Å². The van der Waals surface area contributed by atoms with E-state index in [0.29, 0.717) is 29.4 Å². The van der Waals surface area contributed by atoms with Crippen molar-refractivity contribution >= 4 is 29.3 Å². The van der Waals surface area contributed by atoms with Gasteiger partial charge in [0.2, 0.25) is 5.91 Å². The Bertz CT molecular complexity index is 965. The fraction of sp³-hybridized carbons (Fsp3) is 0.227. The summed E-state index contributed by atoms with van der Waals surface area (Å²) in [4.78, 5) is 27.1. The second-order valence-corrected chi connectivity index (χ2v) is 7.54. The summed E-state index contributed by atoms with van der Waals surface area (Å²) in [6, 6.07) is 18.4. The lowest BCUT2D eigenvalue weighted by Gasteiger charge is -2.19. The first-order valence-electron chi connectivity index (χ1n) is 9.20. The van der Waals surface area contributed by atoms with Crippen molar-refractivity contribution in [1.82, 2.24) is 5.32 Å². The number of hydrogen-bond donors (Lipinski definition) is 1. The molecule has 1 unspecified atom stereocenters. The van der Waals surface area contributed by atoms with Crippen molar-refractivity contribution in [2.45, 2.75) is 25.1 Å². The lowest BCUT2D eigenvalue weighted by atomic mass is 10.2. The quantitative estimate of drug-likeness (QED) is 0.584. The summed E-state index contributed by atoms with van der Waals surface area (Å²) >= 11 is 1.26. The third kappa shape index (κ3) is 4.44. The molecule has 2 aromatic rings. The molecular weight excluding hydrogens is 386 g/mol. The van der Waals surface area contributed by atoms with E-state index in [1.807, 2.05) is 43.3 Å². The standard InChI is InChI=1S/C22H21N3O3S/c1-3-19-21(27)25(16-9-11-17(28-2)12-10-16)22(29-19)18(13-23)20(26)24-14-15-7-5-4-6-8-15/h4-12,19H,3,14H2,1-2H3,(H,24,26)/b22-18-. The van der Waals surface area contributed by atoms with Crippen LogP contribution in [-0.4, -0.2) is 24.2 Å². The molecule has 29 heavy (non-hydrogen) atoms. The van der Waals surface area contributed by atoms with Gasteiger partial charge in [-0.1, -0.05) is 49.0 Å². The third-order valence-electron chi connectivity index (χ3n) is 4.50. The fourth-order valence-electron chi connectivity index (χ4n) is 2.95. The number of methoxy groups -OCH3 is 1. The van der Waals surface area contributed by atoms with Crippen LogP contribution in [0.25, 0.3) is 0 Å². The number of benzene rings is 2. The van der Waals surface area contributed by atoms with E-state index in [1.165, 1.54) is 16.7 Å². The van der Waals surface area contributed by atoms with E-state index in [9.17, 15) is 14.9 Å². The van der Waals surface area contributed by atoms with E-state index in [1.54, 1.807) is 31.4 Å². The molecule has 1 aliphatic rings. The van der Waals surface area contributed by atoms with Crippen molar-refractivity contribution in [3.05, 3.63) is 70.8 Å². The molecule has 2 amide bonds. The maximum absolute atomic E-state index is 12.9. The second kappa shape index (κ2) is 9.30. The van der Waals surface area contributed by atoms with Crippen LogP contribution < -0.4 is 15.0 Å². The minimum absolute atomic E-state index is 0.0638. The molecule has 1 fully saturated rings. The van der Waals surface area contributed by atoms with Gasteiger partial charge < -0.3 is 10.1 Å². The van der Waals surface area contributed by atoms with E-state index in [0.717, 1.165) is 5.56 Å². The molecule has 0 aromatic heterocycles. The number of amides is 2. The zero-order valence-electron chi connectivity index (χ0n) is 16.2. The third-order valence-corrected chi connectivity index (χ3v) is 5.93. The molecule has 148 valence electrons. The molecule has 1 saturated heterocycles. The van der Waals surface area contributed by atoms with Crippen molar-refractivity contribution < 1.29 is 14.3 Å². The molecule has 1 N–H and O–H groups in total. The van der Waals surface area contributed by atoms with E-state index in [4.69, 9.17) is 4.74 Å². The molecule has 1 aliphatic heterocycles. The molecule has 1 atom stereocenters. The monoisotopic (exact) mass is 407 g/mol. The Morgan fingerprint density at radius 1 is 1.21 bits per heavy atom. The number of nitriles is 1. The van der Waals surface area contributed by atoms with Crippen LogP contribution in [0.3, 0.4) is 0 Å². The normalized spacial score (nSPS) is 17.6. The summed E-state index contributed by atoms with van der Waals surface area (Å²) in [5.74, 6) is 0.0231. The Labute approximate surface area is 174 Å². The van der Waals surface area contributed by atoms with Gasteiger partial charge in [-0.2, -0.15) is 5.26 Å². The predicted octanol–water partition coefficient (Wildman–Crippen LogP) is 3.61. The Morgan fingerprint density at radius 3 is 2.48 bits per heavy atom. The zero-order valence-corrected chi connectivity index (χ0v) is 17.0. The van der Waals surface area contributed by atoms with Gasteiger partial charge in [-0.15, -0.1) is 0 Å². The topological polar surface area (TPSA) is 82.4 Å². The van der Waals surface area contributed by atoms with Gasteiger partial charge in [-0.25, -0.2) is 0 Å². The van der Waals surface area contributed by atoms with Crippen molar-refractivity contribution in [2.24, 2.45) is 0 Å². The minimum atomic E-state index is -0.498. The molecule has 0 spiro atoms. The number of anilines is 1. The number of carbonyl (C=O) groups excluding carboxylic acids is 2. The Balaban J connectivity index is 1.92. The van der Waals surface area contributed by atoms with Crippen LogP contribution >= 0.6 is 11.8 Å². The molecule has 0 aliphatic carbocycles. The molecule has 1 heterocycles. The first-order chi connectivity index (χ1) is 14.1. The molecule has 0 saturated carbocycles. The van der Waals surface area contributed by atoms with Gasteiger partial charge in [0.25, 0.3) is 5.91 Å². The van der Waals surface area contributed by atoms with Crippen LogP contribution in [0.15, 0.2) is 65.2 Å². The van der Waals surface area contributed by atoms with Crippen LogP contribution in [0, 0.1) is 11.3 Å². The summed E-state index contributed by atoms with van der Waals surface area (Å²) in [7, 11) is 1.56. The molecule has 2 aromatic carbocycles. The van der Waals surface area contributed by atoms with Gasteiger partial charge in [-0.05, 0) is 36.2 Å². The molecule has 0 radical (unpaired) electrons. The highest BCUT2D eigenvalue weighted by atomic mass is 32.2. The van der Waals surface area contributed by atoms with Gasteiger partial charge in [-0.3, -0.25) is 14.5 Å². The zero-order chi connectivity index (χ0) is 20.8. The maximum atomic E-state index is 12.9. The van der Waals surface area contributed by atoms with E-state index < -0.39 is 5.91 Å². The summed E-state index contributed by atoms with van der Waals surface area (Å²) in [5, 5.41) is 12.5. The van der Waals surface area contributed by atoms with Crippen molar-refractivity contribution in [1.29, 1.82) is 5.26 Å². The van der Waals surface area contributed by atoms with E-state index in [-0.39, 0.29) is 16.7 Å². The fourth-order valence-corrected chi connectivity index (χ4v) is 4.15.